The zero-order valence-electron chi connectivity index (χ0n) is 42.4. The van der Waals surface area contributed by atoms with E-state index in [1.165, 1.54) is 108 Å². The Morgan fingerprint density at radius 1 is 0.378 bits per heavy atom. The molecular formula is C70H53NOS2. The largest absolute Gasteiger partial charge is 0.457 e. The van der Waals surface area contributed by atoms with E-state index < -0.39 is 10.8 Å². The molecule has 356 valence electrons. The van der Waals surface area contributed by atoms with Crippen LogP contribution < -0.4 is 9.64 Å². The second-order valence-corrected chi connectivity index (χ2v) is 24.9. The molecule has 0 saturated heterocycles. The predicted octanol–water partition coefficient (Wildman–Crippen LogP) is 19.4. The lowest BCUT2D eigenvalue weighted by atomic mass is 9.64. The molecule has 0 bridgehead atoms. The number of ether oxygens (including phenoxy) is 1. The van der Waals surface area contributed by atoms with Gasteiger partial charge in [0.25, 0.3) is 0 Å². The van der Waals surface area contributed by atoms with Gasteiger partial charge >= 0.3 is 0 Å². The van der Waals surface area contributed by atoms with Crippen molar-refractivity contribution in [3.05, 3.63) is 268 Å². The van der Waals surface area contributed by atoms with Gasteiger partial charge in [-0.25, -0.2) is 0 Å². The molecule has 4 aliphatic rings. The van der Waals surface area contributed by atoms with Gasteiger partial charge in [0.2, 0.25) is 0 Å². The van der Waals surface area contributed by atoms with Crippen molar-refractivity contribution in [2.24, 2.45) is 0 Å². The quantitative estimate of drug-likeness (QED) is 0.175. The standard InChI is InChI=1S/C70H53NOS2/c1-67(2,3)42-30-36-60-57(38-42)70(58-39-43(68(4,5)6)31-37-61(58)72-60)52-22-11-8-19-47(52)49-35-33-45(41-56(49)70)71(59-25-17-29-65-66(59)50-20-9-14-26-62(50)73-65)44-32-34-48-46-18-7-10-21-51(46)69(55(48)40-44)53-23-12-15-27-63(53)74-64-28-16-13-24-54(64)69/h7-41H,1-6H3. The van der Waals surface area contributed by atoms with Crippen LogP contribution in [-0.4, -0.2) is 0 Å². The maximum Gasteiger partial charge on any atom is 0.132 e. The summed E-state index contributed by atoms with van der Waals surface area (Å²) in [5, 5.41) is 2.54. The molecule has 0 radical (unpaired) electrons. The average Bonchev–Trinajstić information content (AvgIpc) is 4.05. The van der Waals surface area contributed by atoms with Gasteiger partial charge in [-0.2, -0.15) is 0 Å². The minimum Gasteiger partial charge on any atom is -0.457 e. The first-order valence-electron chi connectivity index (χ1n) is 26.0. The number of nitrogens with zero attached hydrogens (tertiary/aromatic N) is 1. The van der Waals surface area contributed by atoms with Crippen LogP contribution >= 0.6 is 23.1 Å². The fourth-order valence-corrected chi connectivity index (χ4v) is 15.7. The molecule has 0 N–H and O–H groups in total. The molecule has 11 aromatic rings. The minimum absolute atomic E-state index is 0.0893. The first-order valence-corrected chi connectivity index (χ1v) is 27.6. The molecule has 4 heteroatoms. The fraction of sp³-hybridized carbons (Fsp3) is 0.143. The number of fused-ring (bicyclic) bond motifs is 21. The topological polar surface area (TPSA) is 12.5 Å². The second kappa shape index (κ2) is 15.5. The molecule has 15 rings (SSSR count). The molecule has 10 aromatic carbocycles. The van der Waals surface area contributed by atoms with Crippen molar-refractivity contribution >= 4 is 60.3 Å². The average molecular weight is 988 g/mol. The summed E-state index contributed by atoms with van der Waals surface area (Å²) in [6, 6.07) is 81.1. The maximum atomic E-state index is 7.09. The Morgan fingerprint density at radius 2 is 0.838 bits per heavy atom. The van der Waals surface area contributed by atoms with E-state index in [-0.39, 0.29) is 10.8 Å². The molecule has 2 spiro atoms. The van der Waals surface area contributed by atoms with Crippen LogP contribution in [0.15, 0.2) is 222 Å². The van der Waals surface area contributed by atoms with Gasteiger partial charge in [0.15, 0.2) is 0 Å². The summed E-state index contributed by atoms with van der Waals surface area (Å²) < 4.78 is 9.65. The smallest absolute Gasteiger partial charge is 0.132 e. The Kier molecular flexibility index (Phi) is 9.17. The van der Waals surface area contributed by atoms with Gasteiger partial charge in [-0.15, -0.1) is 11.3 Å². The fourth-order valence-electron chi connectivity index (χ4n) is 13.4. The van der Waals surface area contributed by atoms with Crippen molar-refractivity contribution in [2.45, 2.75) is 73.0 Å². The normalized spacial score (nSPS) is 14.9. The molecule has 74 heavy (non-hydrogen) atoms. The lowest BCUT2D eigenvalue weighted by Gasteiger charge is -2.41. The first-order chi connectivity index (χ1) is 35.9. The van der Waals surface area contributed by atoms with E-state index in [0.29, 0.717) is 0 Å². The van der Waals surface area contributed by atoms with Gasteiger partial charge < -0.3 is 9.64 Å². The van der Waals surface area contributed by atoms with E-state index in [4.69, 9.17) is 4.74 Å². The van der Waals surface area contributed by atoms with Gasteiger partial charge in [0.05, 0.1) is 16.5 Å². The van der Waals surface area contributed by atoms with Gasteiger partial charge in [0.1, 0.15) is 11.5 Å². The van der Waals surface area contributed by atoms with E-state index in [9.17, 15) is 0 Å². The maximum absolute atomic E-state index is 7.09. The third-order valence-electron chi connectivity index (χ3n) is 16.7. The molecule has 0 atom stereocenters. The van der Waals surface area contributed by atoms with Gasteiger partial charge in [-0.1, -0.05) is 187 Å². The van der Waals surface area contributed by atoms with Crippen molar-refractivity contribution < 1.29 is 4.74 Å². The van der Waals surface area contributed by atoms with E-state index in [0.717, 1.165) is 28.6 Å². The highest BCUT2D eigenvalue weighted by Crippen LogP contribution is 2.66. The Bertz CT molecular complexity index is 4090. The summed E-state index contributed by atoms with van der Waals surface area (Å²) in [6.07, 6.45) is 0. The van der Waals surface area contributed by atoms with Crippen LogP contribution in [0.4, 0.5) is 17.1 Å². The lowest BCUT2D eigenvalue weighted by molar-refractivity contribution is 0.433. The van der Waals surface area contributed by atoms with Crippen LogP contribution in [0, 0.1) is 0 Å². The molecule has 0 amide bonds. The van der Waals surface area contributed by atoms with Gasteiger partial charge in [0, 0.05) is 52.5 Å². The number of thiophene rings is 1. The first kappa shape index (κ1) is 43.9. The predicted molar refractivity (Wildman–Crippen MR) is 310 cm³/mol. The third kappa shape index (κ3) is 5.90. The molecular weight excluding hydrogens is 935 g/mol. The highest BCUT2D eigenvalue weighted by molar-refractivity contribution is 7.99. The van der Waals surface area contributed by atoms with Crippen LogP contribution in [0.25, 0.3) is 42.4 Å². The summed E-state index contributed by atoms with van der Waals surface area (Å²) in [6.45, 7) is 13.9. The number of hydrogen-bond donors (Lipinski definition) is 0. The molecule has 1 aromatic heterocycles. The van der Waals surface area contributed by atoms with Crippen LogP contribution in [0.1, 0.15) is 97.2 Å². The second-order valence-electron chi connectivity index (χ2n) is 22.8. The van der Waals surface area contributed by atoms with E-state index in [1.54, 1.807) is 0 Å². The molecule has 0 unspecified atom stereocenters. The van der Waals surface area contributed by atoms with Crippen LogP contribution in [0.2, 0.25) is 0 Å². The summed E-state index contributed by atoms with van der Waals surface area (Å²) >= 11 is 3.77. The monoisotopic (exact) mass is 987 g/mol. The van der Waals surface area contributed by atoms with Crippen molar-refractivity contribution in [3.63, 3.8) is 0 Å². The summed E-state index contributed by atoms with van der Waals surface area (Å²) in [5.41, 5.74) is 19.9. The molecule has 3 heterocycles. The Labute approximate surface area is 442 Å². The summed E-state index contributed by atoms with van der Waals surface area (Å²) in [7, 11) is 0. The summed E-state index contributed by atoms with van der Waals surface area (Å²) in [5.74, 6) is 1.81. The Hall–Kier alpha value is -7.63. The molecule has 0 fully saturated rings. The van der Waals surface area contributed by atoms with E-state index in [2.05, 4.69) is 259 Å². The number of hydrogen-bond acceptors (Lipinski definition) is 4. The van der Waals surface area contributed by atoms with Crippen LogP contribution in [0.3, 0.4) is 0 Å². The van der Waals surface area contributed by atoms with E-state index in [1.807, 2.05) is 23.1 Å². The highest BCUT2D eigenvalue weighted by atomic mass is 32.2. The zero-order valence-corrected chi connectivity index (χ0v) is 44.0. The molecule has 2 aliphatic carbocycles. The highest BCUT2D eigenvalue weighted by Gasteiger charge is 2.53. The van der Waals surface area contributed by atoms with Crippen molar-refractivity contribution in [2.75, 3.05) is 4.90 Å². The van der Waals surface area contributed by atoms with Crippen molar-refractivity contribution in [1.82, 2.24) is 0 Å². The molecule has 0 saturated carbocycles. The van der Waals surface area contributed by atoms with Crippen LogP contribution in [-0.2, 0) is 21.7 Å². The minimum atomic E-state index is -0.684. The molecule has 2 nitrogen and oxygen atoms in total. The van der Waals surface area contributed by atoms with Gasteiger partial charge in [-0.3, -0.25) is 0 Å². The van der Waals surface area contributed by atoms with E-state index >= 15 is 0 Å². The summed E-state index contributed by atoms with van der Waals surface area (Å²) in [4.78, 5) is 5.19. The van der Waals surface area contributed by atoms with Crippen molar-refractivity contribution in [1.29, 1.82) is 0 Å². The number of benzene rings is 10. The lowest BCUT2D eigenvalue weighted by Crippen LogP contribution is -2.33. The zero-order chi connectivity index (χ0) is 49.9. The number of anilines is 3. The Balaban J connectivity index is 1.05. The SMILES string of the molecule is CC(C)(C)c1ccc2c(c1)C1(c3cc(C(C)(C)C)ccc3O2)c2ccccc2-c2ccc(N(c3ccc4c(c3)C3(c5ccccc5Sc5ccccc53)c3ccccc3-4)c3cccc4sc5ccccc5c34)cc21. The third-order valence-corrected chi connectivity index (χ3v) is 19.0. The Morgan fingerprint density at radius 3 is 1.39 bits per heavy atom. The molecule has 2 aliphatic heterocycles. The van der Waals surface area contributed by atoms with Crippen molar-refractivity contribution in [3.8, 4) is 33.8 Å². The van der Waals surface area contributed by atoms with Crippen LogP contribution in [0.5, 0.6) is 11.5 Å². The van der Waals surface area contributed by atoms with Gasteiger partial charge in [-0.05, 0) is 156 Å². The number of rotatable bonds is 3.